The fraction of sp³-hybridized carbons (Fsp3) is 0.600. The van der Waals surface area contributed by atoms with Gasteiger partial charge in [0.1, 0.15) is 0 Å². The maximum atomic E-state index is 9.00. The number of hydrogen-bond donors (Lipinski definition) is 2. The molecule has 0 bridgehead atoms. The Morgan fingerprint density at radius 3 is 2.57 bits per heavy atom. The Morgan fingerprint density at radius 1 is 1.36 bits per heavy atom. The van der Waals surface area contributed by atoms with E-state index in [0.717, 1.165) is 6.42 Å². The van der Waals surface area contributed by atoms with Crippen LogP contribution in [0.1, 0.15) is 36.6 Å². The van der Waals surface area contributed by atoms with Gasteiger partial charge >= 0.3 is 7.12 Å². The van der Waals surface area contributed by atoms with Crippen LogP contribution in [-0.4, -0.2) is 17.2 Å². The van der Waals surface area contributed by atoms with E-state index in [-0.39, 0.29) is 0 Å². The molecule has 14 heavy (non-hydrogen) atoms. The molecule has 2 nitrogen and oxygen atoms in total. The summed E-state index contributed by atoms with van der Waals surface area (Å²) in [4.78, 5) is 1.29. The van der Waals surface area contributed by atoms with Crippen molar-refractivity contribution in [2.45, 2.75) is 39.5 Å². The summed E-state index contributed by atoms with van der Waals surface area (Å²) < 4.78 is 0.661. The molecule has 4 heteroatoms. The zero-order valence-corrected chi connectivity index (χ0v) is 9.60. The summed E-state index contributed by atoms with van der Waals surface area (Å²) in [7, 11) is -1.31. The molecular weight excluding hydrogens is 195 g/mol. The lowest BCUT2D eigenvalue weighted by Gasteiger charge is -1.97. The Balaban J connectivity index is 2.58. The van der Waals surface area contributed by atoms with Gasteiger partial charge in [0.25, 0.3) is 0 Å². The lowest BCUT2D eigenvalue weighted by Crippen LogP contribution is -2.26. The molecule has 0 aliphatic rings. The van der Waals surface area contributed by atoms with Gasteiger partial charge in [0.2, 0.25) is 0 Å². The molecule has 2 N–H and O–H groups in total. The lowest BCUT2D eigenvalue weighted by atomic mass is 9.89. The minimum Gasteiger partial charge on any atom is -0.423 e. The van der Waals surface area contributed by atoms with Gasteiger partial charge in [-0.25, -0.2) is 0 Å². The Labute approximate surface area is 89.7 Å². The predicted octanol–water partition coefficient (Wildman–Crippen LogP) is 1.47. The van der Waals surface area contributed by atoms with Crippen molar-refractivity contribution >= 4 is 23.2 Å². The van der Waals surface area contributed by atoms with Gasteiger partial charge in [0.05, 0.1) is 0 Å². The molecule has 0 saturated heterocycles. The second-order valence-electron chi connectivity index (χ2n) is 3.59. The van der Waals surface area contributed by atoms with Gasteiger partial charge in [0.15, 0.2) is 0 Å². The van der Waals surface area contributed by atoms with Gasteiger partial charge in [-0.15, -0.1) is 11.3 Å². The Bertz CT molecular complexity index is 284. The average Bonchev–Trinajstić information content (AvgIpc) is 2.49. The first-order valence-corrected chi connectivity index (χ1v) is 5.92. The Hall–Kier alpha value is -0.315. The molecule has 1 aromatic rings. The van der Waals surface area contributed by atoms with E-state index >= 15 is 0 Å². The van der Waals surface area contributed by atoms with Gasteiger partial charge in [-0.1, -0.05) is 19.8 Å². The van der Waals surface area contributed by atoms with Crippen LogP contribution in [0.2, 0.25) is 0 Å². The first-order valence-electron chi connectivity index (χ1n) is 5.10. The molecule has 0 unspecified atom stereocenters. The summed E-state index contributed by atoms with van der Waals surface area (Å²) in [6.07, 6.45) is 4.73. The van der Waals surface area contributed by atoms with Gasteiger partial charge in [0, 0.05) is 9.65 Å². The Kier molecular flexibility index (Phi) is 4.65. The number of hydrogen-bond acceptors (Lipinski definition) is 3. The molecule has 0 aliphatic carbocycles. The molecule has 0 aliphatic heterocycles. The largest absolute Gasteiger partial charge is 0.499 e. The van der Waals surface area contributed by atoms with Gasteiger partial charge in [-0.2, -0.15) is 0 Å². The summed E-state index contributed by atoms with van der Waals surface area (Å²) in [6.45, 7) is 4.22. The van der Waals surface area contributed by atoms with Crippen LogP contribution in [0.25, 0.3) is 0 Å². The van der Waals surface area contributed by atoms with Crippen molar-refractivity contribution in [3.05, 3.63) is 16.5 Å². The average molecular weight is 212 g/mol. The van der Waals surface area contributed by atoms with Gasteiger partial charge < -0.3 is 10.0 Å². The van der Waals surface area contributed by atoms with E-state index in [0.29, 0.717) is 4.78 Å². The van der Waals surface area contributed by atoms with Gasteiger partial charge in [-0.3, -0.25) is 0 Å². The van der Waals surface area contributed by atoms with E-state index in [1.807, 2.05) is 13.0 Å². The molecule has 0 fully saturated rings. The second-order valence-corrected chi connectivity index (χ2v) is 4.75. The van der Waals surface area contributed by atoms with Crippen LogP contribution in [0.4, 0.5) is 0 Å². The van der Waals surface area contributed by atoms with E-state index in [1.165, 1.54) is 41.0 Å². The van der Waals surface area contributed by atoms with E-state index in [4.69, 9.17) is 10.0 Å². The molecule has 0 saturated carbocycles. The summed E-state index contributed by atoms with van der Waals surface area (Å²) in [5.41, 5.74) is 1.19. The Morgan fingerprint density at radius 2 is 2.07 bits per heavy atom. The summed E-state index contributed by atoms with van der Waals surface area (Å²) >= 11 is 1.52. The number of unbranched alkanes of at least 4 members (excludes halogenated alkanes) is 2. The molecule has 0 spiro atoms. The minimum atomic E-state index is -1.31. The molecule has 0 radical (unpaired) electrons. The third-order valence-electron chi connectivity index (χ3n) is 2.30. The van der Waals surface area contributed by atoms with E-state index in [9.17, 15) is 0 Å². The van der Waals surface area contributed by atoms with E-state index in [1.54, 1.807) is 0 Å². The highest BCUT2D eigenvalue weighted by molar-refractivity contribution is 7.22. The summed E-state index contributed by atoms with van der Waals surface area (Å²) in [6, 6.07) is 1.87. The third-order valence-corrected chi connectivity index (χ3v) is 3.64. The van der Waals surface area contributed by atoms with E-state index < -0.39 is 7.12 Å². The molecule has 1 aromatic heterocycles. The van der Waals surface area contributed by atoms with Crippen molar-refractivity contribution in [3.8, 4) is 0 Å². The number of rotatable bonds is 5. The maximum absolute atomic E-state index is 9.00. The van der Waals surface area contributed by atoms with Crippen molar-refractivity contribution in [1.82, 2.24) is 0 Å². The van der Waals surface area contributed by atoms with Crippen LogP contribution >= 0.6 is 11.3 Å². The maximum Gasteiger partial charge on any atom is 0.499 e. The standard InChI is InChI=1S/C10H17BO2S/c1-3-4-5-6-9-8(2)7-10(14-9)11(12)13/h7,12-13H,3-6H2,1-2H3. The minimum absolute atomic E-state index is 0.661. The van der Waals surface area contributed by atoms with Crippen molar-refractivity contribution < 1.29 is 10.0 Å². The van der Waals surface area contributed by atoms with Crippen LogP contribution in [0, 0.1) is 6.92 Å². The van der Waals surface area contributed by atoms with Crippen LogP contribution in [-0.2, 0) is 6.42 Å². The van der Waals surface area contributed by atoms with Crippen molar-refractivity contribution in [1.29, 1.82) is 0 Å². The quantitative estimate of drug-likeness (QED) is 0.573. The van der Waals surface area contributed by atoms with Gasteiger partial charge in [-0.05, 0) is 31.4 Å². The highest BCUT2D eigenvalue weighted by Crippen LogP contribution is 2.17. The van der Waals surface area contributed by atoms with Crippen LogP contribution in [0.5, 0.6) is 0 Å². The molecule has 1 rings (SSSR count). The third kappa shape index (κ3) is 3.12. The number of aryl methyl sites for hydroxylation is 2. The van der Waals surface area contributed by atoms with Crippen LogP contribution < -0.4 is 4.78 Å². The molecule has 0 aromatic carbocycles. The van der Waals surface area contributed by atoms with Crippen molar-refractivity contribution in [2.75, 3.05) is 0 Å². The molecule has 0 atom stereocenters. The highest BCUT2D eigenvalue weighted by Gasteiger charge is 2.15. The zero-order valence-electron chi connectivity index (χ0n) is 8.79. The number of thiophene rings is 1. The monoisotopic (exact) mass is 212 g/mol. The van der Waals surface area contributed by atoms with Crippen molar-refractivity contribution in [2.24, 2.45) is 0 Å². The summed E-state index contributed by atoms with van der Waals surface area (Å²) in [5, 5.41) is 18.0. The fourth-order valence-corrected chi connectivity index (χ4v) is 2.55. The first-order chi connectivity index (χ1) is 6.65. The van der Waals surface area contributed by atoms with Crippen LogP contribution in [0.3, 0.4) is 0 Å². The molecule has 1 heterocycles. The first kappa shape index (κ1) is 11.8. The normalized spacial score (nSPS) is 10.6. The topological polar surface area (TPSA) is 40.5 Å². The van der Waals surface area contributed by atoms with Crippen molar-refractivity contribution in [3.63, 3.8) is 0 Å². The highest BCUT2D eigenvalue weighted by atomic mass is 32.1. The fourth-order valence-electron chi connectivity index (χ4n) is 1.46. The molecular formula is C10H17BO2S. The molecule has 0 amide bonds. The van der Waals surface area contributed by atoms with E-state index in [2.05, 4.69) is 6.92 Å². The summed E-state index contributed by atoms with van der Waals surface area (Å²) in [5.74, 6) is 0. The molecule has 78 valence electrons. The second kappa shape index (κ2) is 5.54. The van der Waals surface area contributed by atoms with Crippen LogP contribution in [0.15, 0.2) is 6.07 Å². The predicted molar refractivity (Wildman–Crippen MR) is 62.1 cm³/mol. The lowest BCUT2D eigenvalue weighted by molar-refractivity contribution is 0.427. The smallest absolute Gasteiger partial charge is 0.423 e. The zero-order chi connectivity index (χ0) is 10.6. The SMILES string of the molecule is CCCCCc1sc(B(O)O)cc1C.